The van der Waals surface area contributed by atoms with Gasteiger partial charge in [0.2, 0.25) is 0 Å². The lowest BCUT2D eigenvalue weighted by atomic mass is 9.98. The second-order valence-electron chi connectivity index (χ2n) is 4.33. The van der Waals surface area contributed by atoms with Gasteiger partial charge >= 0.3 is 0 Å². The molecule has 2 aromatic carbocycles. The van der Waals surface area contributed by atoms with Gasteiger partial charge in [0.15, 0.2) is 0 Å². The molecular formula is C16H19NO2S. The zero-order valence-electron chi connectivity index (χ0n) is 11.9. The molecule has 0 aromatic heterocycles. The van der Waals surface area contributed by atoms with Crippen LogP contribution in [-0.2, 0) is 0 Å². The lowest BCUT2D eigenvalue weighted by Crippen LogP contribution is -2.14. The van der Waals surface area contributed by atoms with Gasteiger partial charge < -0.3 is 15.2 Å². The van der Waals surface area contributed by atoms with Crippen LogP contribution < -0.4 is 15.2 Å². The molecule has 2 aromatic rings. The summed E-state index contributed by atoms with van der Waals surface area (Å²) in [5, 5.41) is 0. The van der Waals surface area contributed by atoms with Crippen LogP contribution >= 0.6 is 11.8 Å². The maximum atomic E-state index is 6.39. The van der Waals surface area contributed by atoms with Gasteiger partial charge in [0, 0.05) is 4.90 Å². The molecule has 0 amide bonds. The number of hydrogen-bond acceptors (Lipinski definition) is 4. The van der Waals surface area contributed by atoms with Crippen LogP contribution in [0, 0.1) is 0 Å². The molecule has 0 spiro atoms. The third-order valence-electron chi connectivity index (χ3n) is 3.25. The SMILES string of the molecule is COc1cccc(OC)c1C(N)c1ccc(SC)cc1. The van der Waals surface area contributed by atoms with Crippen molar-refractivity contribution in [1.82, 2.24) is 0 Å². The number of ether oxygens (including phenoxy) is 2. The maximum Gasteiger partial charge on any atom is 0.127 e. The van der Waals surface area contributed by atoms with Gasteiger partial charge in [0.05, 0.1) is 25.8 Å². The average molecular weight is 289 g/mol. The second kappa shape index (κ2) is 6.68. The van der Waals surface area contributed by atoms with Crippen molar-refractivity contribution in [3.05, 3.63) is 53.6 Å². The molecule has 1 atom stereocenters. The molecule has 0 saturated carbocycles. The van der Waals surface area contributed by atoms with Gasteiger partial charge in [-0.3, -0.25) is 0 Å². The smallest absolute Gasteiger partial charge is 0.127 e. The van der Waals surface area contributed by atoms with Crippen molar-refractivity contribution >= 4 is 11.8 Å². The maximum absolute atomic E-state index is 6.39. The number of nitrogens with two attached hydrogens (primary N) is 1. The third-order valence-corrected chi connectivity index (χ3v) is 4.00. The Hall–Kier alpha value is -1.65. The van der Waals surface area contributed by atoms with Crippen molar-refractivity contribution in [2.24, 2.45) is 5.73 Å². The Bertz CT molecular complexity index is 547. The second-order valence-corrected chi connectivity index (χ2v) is 5.21. The molecule has 1 unspecified atom stereocenters. The van der Waals surface area contributed by atoms with Crippen LogP contribution in [-0.4, -0.2) is 20.5 Å². The first kappa shape index (κ1) is 14.8. The molecule has 0 aliphatic heterocycles. The van der Waals surface area contributed by atoms with Crippen LogP contribution in [0.25, 0.3) is 0 Å². The molecule has 0 radical (unpaired) electrons. The molecule has 0 aliphatic carbocycles. The number of thioether (sulfide) groups is 1. The van der Waals surface area contributed by atoms with Crippen molar-refractivity contribution in [3.63, 3.8) is 0 Å². The van der Waals surface area contributed by atoms with Gasteiger partial charge in [-0.15, -0.1) is 11.8 Å². The van der Waals surface area contributed by atoms with E-state index < -0.39 is 0 Å². The van der Waals surface area contributed by atoms with Crippen LogP contribution in [0.4, 0.5) is 0 Å². The highest BCUT2D eigenvalue weighted by Gasteiger charge is 2.18. The number of benzene rings is 2. The van der Waals surface area contributed by atoms with E-state index >= 15 is 0 Å². The predicted molar refractivity (Wildman–Crippen MR) is 83.8 cm³/mol. The van der Waals surface area contributed by atoms with Crippen molar-refractivity contribution in [2.45, 2.75) is 10.9 Å². The van der Waals surface area contributed by atoms with Crippen LogP contribution in [0.3, 0.4) is 0 Å². The van der Waals surface area contributed by atoms with E-state index in [1.54, 1.807) is 26.0 Å². The monoisotopic (exact) mass is 289 g/mol. The quantitative estimate of drug-likeness (QED) is 0.856. The Morgan fingerprint density at radius 2 is 1.50 bits per heavy atom. The minimum Gasteiger partial charge on any atom is -0.496 e. The van der Waals surface area contributed by atoms with Crippen LogP contribution in [0.15, 0.2) is 47.4 Å². The lowest BCUT2D eigenvalue weighted by molar-refractivity contribution is 0.382. The van der Waals surface area contributed by atoms with E-state index in [4.69, 9.17) is 15.2 Å². The Balaban J connectivity index is 2.43. The minimum absolute atomic E-state index is 0.281. The molecule has 2 N–H and O–H groups in total. The predicted octanol–water partition coefficient (Wildman–Crippen LogP) is 3.47. The molecule has 0 saturated heterocycles. The van der Waals surface area contributed by atoms with Gasteiger partial charge in [-0.2, -0.15) is 0 Å². The van der Waals surface area contributed by atoms with Crippen LogP contribution in [0.1, 0.15) is 17.2 Å². The summed E-state index contributed by atoms with van der Waals surface area (Å²) in [4.78, 5) is 1.22. The molecule has 0 aliphatic rings. The van der Waals surface area contributed by atoms with E-state index in [1.165, 1.54) is 4.90 Å². The van der Waals surface area contributed by atoms with Gasteiger partial charge in [-0.1, -0.05) is 18.2 Å². The molecular weight excluding hydrogens is 270 g/mol. The van der Waals surface area contributed by atoms with E-state index in [0.717, 1.165) is 22.6 Å². The zero-order valence-corrected chi connectivity index (χ0v) is 12.7. The Labute approximate surface area is 124 Å². The summed E-state index contributed by atoms with van der Waals surface area (Å²) in [6, 6.07) is 13.6. The fraction of sp³-hybridized carbons (Fsp3) is 0.250. The summed E-state index contributed by atoms with van der Waals surface area (Å²) < 4.78 is 10.8. The van der Waals surface area contributed by atoms with Crippen LogP contribution in [0.5, 0.6) is 11.5 Å². The molecule has 0 fully saturated rings. The van der Waals surface area contributed by atoms with Crippen molar-refractivity contribution in [3.8, 4) is 11.5 Å². The van der Waals surface area contributed by atoms with E-state index in [2.05, 4.69) is 18.4 Å². The summed E-state index contributed by atoms with van der Waals surface area (Å²) in [6.45, 7) is 0. The van der Waals surface area contributed by atoms with E-state index in [-0.39, 0.29) is 6.04 Å². The molecule has 0 heterocycles. The largest absolute Gasteiger partial charge is 0.496 e. The molecule has 4 heteroatoms. The lowest BCUT2D eigenvalue weighted by Gasteiger charge is -2.19. The molecule has 106 valence electrons. The normalized spacial score (nSPS) is 12.0. The summed E-state index contributed by atoms with van der Waals surface area (Å²) in [5.41, 5.74) is 8.30. The first-order chi connectivity index (χ1) is 9.71. The van der Waals surface area contributed by atoms with E-state index in [0.29, 0.717) is 0 Å². The highest BCUT2D eigenvalue weighted by atomic mass is 32.2. The first-order valence-corrected chi connectivity index (χ1v) is 7.54. The molecule has 20 heavy (non-hydrogen) atoms. The summed E-state index contributed by atoms with van der Waals surface area (Å²) in [7, 11) is 3.28. The topological polar surface area (TPSA) is 44.5 Å². The van der Waals surface area contributed by atoms with Crippen LogP contribution in [0.2, 0.25) is 0 Å². The fourth-order valence-corrected chi connectivity index (χ4v) is 2.57. The highest BCUT2D eigenvalue weighted by molar-refractivity contribution is 7.98. The zero-order chi connectivity index (χ0) is 14.5. The highest BCUT2D eigenvalue weighted by Crippen LogP contribution is 2.36. The average Bonchev–Trinajstić information content (AvgIpc) is 2.53. The Morgan fingerprint density at radius 1 is 0.950 bits per heavy atom. The summed E-state index contributed by atoms with van der Waals surface area (Å²) in [5.74, 6) is 1.48. The van der Waals surface area contributed by atoms with Gasteiger partial charge in [-0.25, -0.2) is 0 Å². The number of rotatable bonds is 5. The summed E-state index contributed by atoms with van der Waals surface area (Å²) in [6.07, 6.45) is 2.05. The van der Waals surface area contributed by atoms with Crippen molar-refractivity contribution in [1.29, 1.82) is 0 Å². The number of hydrogen-bond donors (Lipinski definition) is 1. The first-order valence-electron chi connectivity index (χ1n) is 6.31. The van der Waals surface area contributed by atoms with Crippen molar-refractivity contribution in [2.75, 3.05) is 20.5 Å². The van der Waals surface area contributed by atoms with Gasteiger partial charge in [-0.05, 0) is 36.1 Å². The van der Waals surface area contributed by atoms with Crippen molar-refractivity contribution < 1.29 is 9.47 Å². The third kappa shape index (κ3) is 2.92. The standard InChI is InChI=1S/C16H19NO2S/c1-18-13-5-4-6-14(19-2)15(13)16(17)11-7-9-12(20-3)10-8-11/h4-10,16H,17H2,1-3H3. The summed E-state index contributed by atoms with van der Waals surface area (Å²) >= 11 is 1.71. The molecule has 3 nitrogen and oxygen atoms in total. The Kier molecular flexibility index (Phi) is 4.93. The van der Waals surface area contributed by atoms with Gasteiger partial charge in [0.1, 0.15) is 11.5 Å². The molecule has 2 rings (SSSR count). The van der Waals surface area contributed by atoms with E-state index in [1.807, 2.05) is 30.3 Å². The molecule has 0 bridgehead atoms. The Morgan fingerprint density at radius 3 is 1.95 bits per heavy atom. The van der Waals surface area contributed by atoms with Gasteiger partial charge in [0.25, 0.3) is 0 Å². The minimum atomic E-state index is -0.281. The fourth-order valence-electron chi connectivity index (χ4n) is 2.16. The van der Waals surface area contributed by atoms with E-state index in [9.17, 15) is 0 Å². The number of methoxy groups -OCH3 is 2.